The minimum atomic E-state index is -0.281. The van der Waals surface area contributed by atoms with Crippen LogP contribution in [0.4, 0.5) is 0 Å². The van der Waals surface area contributed by atoms with Crippen molar-refractivity contribution in [1.82, 2.24) is 9.97 Å². The van der Waals surface area contributed by atoms with Crippen molar-refractivity contribution in [3.63, 3.8) is 0 Å². The first-order chi connectivity index (χ1) is 14.3. The number of hydrogen-bond acceptors (Lipinski definition) is 3. The fraction of sp³-hybridized carbons (Fsp3) is 0.130. The van der Waals surface area contributed by atoms with Gasteiger partial charge in [0.05, 0.1) is 31.5 Å². The highest BCUT2D eigenvalue weighted by molar-refractivity contribution is 6.42. The molecule has 0 aliphatic heterocycles. The zero-order valence-electron chi connectivity index (χ0n) is 15.8. The molecule has 2 heterocycles. The van der Waals surface area contributed by atoms with Crippen molar-refractivity contribution < 1.29 is 5.11 Å². The van der Waals surface area contributed by atoms with E-state index in [0.29, 0.717) is 49.0 Å². The molecule has 0 bridgehead atoms. The summed E-state index contributed by atoms with van der Waals surface area (Å²) in [6, 6.07) is 14.7. The third-order valence-electron chi connectivity index (χ3n) is 5.08. The molecule has 0 aliphatic carbocycles. The number of aromatic hydroxyl groups is 1. The third kappa shape index (κ3) is 4.08. The van der Waals surface area contributed by atoms with E-state index in [1.54, 1.807) is 24.4 Å². The molecule has 0 radical (unpaired) electrons. The smallest absolute Gasteiger partial charge is 0.145 e. The van der Waals surface area contributed by atoms with E-state index in [1.165, 1.54) is 0 Å². The van der Waals surface area contributed by atoms with Crippen molar-refractivity contribution in [2.24, 2.45) is 0 Å². The van der Waals surface area contributed by atoms with Gasteiger partial charge in [0.25, 0.3) is 0 Å². The monoisotopic (exact) mass is 476 g/mol. The van der Waals surface area contributed by atoms with E-state index >= 15 is 0 Å². The number of aromatic nitrogens is 2. The summed E-state index contributed by atoms with van der Waals surface area (Å²) in [5, 5.41) is 13.8. The molecule has 3 nitrogen and oxygen atoms in total. The maximum atomic E-state index is 11.1. The van der Waals surface area contributed by atoms with Gasteiger partial charge in [-0.3, -0.25) is 9.97 Å². The van der Waals surface area contributed by atoms with E-state index in [9.17, 15) is 5.11 Å². The quantitative estimate of drug-likeness (QED) is 0.328. The van der Waals surface area contributed by atoms with Crippen molar-refractivity contribution in [2.75, 3.05) is 0 Å². The minimum absolute atomic E-state index is 0.117. The number of phenols is 1. The van der Waals surface area contributed by atoms with Crippen LogP contribution in [0.1, 0.15) is 28.4 Å². The van der Waals surface area contributed by atoms with E-state index in [0.717, 1.165) is 10.9 Å². The normalized spacial score (nSPS) is 12.3. The molecule has 2 aromatic heterocycles. The first-order valence-corrected chi connectivity index (χ1v) is 10.7. The van der Waals surface area contributed by atoms with E-state index < -0.39 is 0 Å². The van der Waals surface area contributed by atoms with E-state index in [4.69, 9.17) is 46.4 Å². The molecule has 152 valence electrons. The van der Waals surface area contributed by atoms with Gasteiger partial charge >= 0.3 is 0 Å². The molecular formula is C23H16Cl4N2O. The molecule has 0 saturated carbocycles. The summed E-state index contributed by atoms with van der Waals surface area (Å²) in [7, 11) is 0. The Labute approximate surface area is 194 Å². The number of benzene rings is 2. The number of aryl methyl sites for hydroxylation is 1. The van der Waals surface area contributed by atoms with Crippen LogP contribution in [-0.2, 0) is 6.42 Å². The van der Waals surface area contributed by atoms with Crippen molar-refractivity contribution in [2.45, 2.75) is 19.3 Å². The molecule has 2 aromatic carbocycles. The maximum Gasteiger partial charge on any atom is 0.145 e. The molecular weight excluding hydrogens is 462 g/mol. The molecule has 4 rings (SSSR count). The van der Waals surface area contributed by atoms with E-state index in [2.05, 4.69) is 9.97 Å². The molecule has 1 unspecified atom stereocenters. The minimum Gasteiger partial charge on any atom is -0.505 e. The van der Waals surface area contributed by atoms with Crippen molar-refractivity contribution in [3.8, 4) is 5.75 Å². The Morgan fingerprint density at radius 2 is 1.70 bits per heavy atom. The highest BCUT2D eigenvalue weighted by atomic mass is 35.5. The summed E-state index contributed by atoms with van der Waals surface area (Å²) >= 11 is 25.0. The van der Waals surface area contributed by atoms with Gasteiger partial charge < -0.3 is 5.11 Å². The molecule has 0 spiro atoms. The summed E-state index contributed by atoms with van der Waals surface area (Å²) in [4.78, 5) is 8.92. The predicted octanol–water partition coefficient (Wildman–Crippen LogP) is 7.63. The van der Waals surface area contributed by atoms with Crippen molar-refractivity contribution in [1.29, 1.82) is 0 Å². The second kappa shape index (κ2) is 8.60. The molecule has 0 fully saturated rings. The van der Waals surface area contributed by atoms with Gasteiger partial charge in [-0.15, -0.1) is 0 Å². The number of pyridine rings is 2. The molecule has 0 amide bonds. The SMILES string of the molecule is Cc1nc(CC(c2ccc(Cl)c(Cl)c2)c2ccc3cccnc3c2O)c(Cl)cc1Cl. The van der Waals surface area contributed by atoms with Crippen molar-refractivity contribution >= 4 is 57.3 Å². The van der Waals surface area contributed by atoms with Gasteiger partial charge in [0, 0.05) is 29.5 Å². The highest BCUT2D eigenvalue weighted by Gasteiger charge is 2.23. The van der Waals surface area contributed by atoms with Crippen molar-refractivity contribution in [3.05, 3.63) is 97.3 Å². The van der Waals surface area contributed by atoms with Gasteiger partial charge in [0.15, 0.2) is 0 Å². The summed E-state index contributed by atoms with van der Waals surface area (Å²) in [5.74, 6) is -0.164. The molecule has 0 saturated heterocycles. The Kier molecular flexibility index (Phi) is 6.08. The van der Waals surface area contributed by atoms with Crippen LogP contribution >= 0.6 is 46.4 Å². The molecule has 1 atom stereocenters. The summed E-state index contributed by atoms with van der Waals surface area (Å²) < 4.78 is 0. The molecule has 1 N–H and O–H groups in total. The van der Waals surface area contributed by atoms with Crippen LogP contribution in [0.3, 0.4) is 0 Å². The number of nitrogens with zero attached hydrogens (tertiary/aromatic N) is 2. The van der Waals surface area contributed by atoms with Crippen LogP contribution in [0.15, 0.2) is 54.7 Å². The fourth-order valence-corrected chi connectivity index (χ4v) is 4.25. The number of phenolic OH excluding ortho intramolecular Hbond substituents is 1. The van der Waals surface area contributed by atoms with Gasteiger partial charge in [-0.1, -0.05) is 70.7 Å². The Balaban J connectivity index is 1.89. The largest absolute Gasteiger partial charge is 0.505 e. The predicted molar refractivity (Wildman–Crippen MR) is 124 cm³/mol. The van der Waals surface area contributed by atoms with Crippen LogP contribution in [0.25, 0.3) is 10.9 Å². The molecule has 0 aliphatic rings. The van der Waals surface area contributed by atoms with Crippen LogP contribution in [-0.4, -0.2) is 15.1 Å². The van der Waals surface area contributed by atoms with E-state index in [1.807, 2.05) is 37.3 Å². The summed E-state index contributed by atoms with van der Waals surface area (Å²) in [5.41, 5.74) is 3.47. The number of rotatable bonds is 4. The molecule has 7 heteroatoms. The second-order valence-electron chi connectivity index (χ2n) is 6.99. The number of hydrogen-bond donors (Lipinski definition) is 1. The lowest BCUT2D eigenvalue weighted by molar-refractivity contribution is 0.469. The third-order valence-corrected chi connectivity index (χ3v) is 6.52. The lowest BCUT2D eigenvalue weighted by atomic mass is 9.86. The Morgan fingerprint density at radius 1 is 0.900 bits per heavy atom. The lowest BCUT2D eigenvalue weighted by Crippen LogP contribution is -2.08. The van der Waals surface area contributed by atoms with Gasteiger partial charge in [-0.05, 0) is 36.8 Å². The Bertz CT molecular complexity index is 1260. The topological polar surface area (TPSA) is 46.0 Å². The van der Waals surface area contributed by atoms with Crippen LogP contribution in [0.5, 0.6) is 5.75 Å². The van der Waals surface area contributed by atoms with Crippen LogP contribution in [0.2, 0.25) is 20.1 Å². The van der Waals surface area contributed by atoms with Gasteiger partial charge in [-0.2, -0.15) is 0 Å². The Morgan fingerprint density at radius 3 is 2.47 bits per heavy atom. The Hall–Kier alpha value is -2.04. The summed E-state index contributed by atoms with van der Waals surface area (Å²) in [6.45, 7) is 1.83. The summed E-state index contributed by atoms with van der Waals surface area (Å²) in [6.07, 6.45) is 2.09. The maximum absolute atomic E-state index is 11.1. The van der Waals surface area contributed by atoms with Crippen LogP contribution < -0.4 is 0 Å². The van der Waals surface area contributed by atoms with E-state index in [-0.39, 0.29) is 11.7 Å². The number of halogens is 4. The lowest BCUT2D eigenvalue weighted by Gasteiger charge is -2.21. The average molecular weight is 478 g/mol. The highest BCUT2D eigenvalue weighted by Crippen LogP contribution is 2.40. The first-order valence-electron chi connectivity index (χ1n) is 9.18. The molecule has 30 heavy (non-hydrogen) atoms. The molecule has 4 aromatic rings. The fourth-order valence-electron chi connectivity index (χ4n) is 3.51. The van der Waals surface area contributed by atoms with Gasteiger partial charge in [0.1, 0.15) is 11.3 Å². The van der Waals surface area contributed by atoms with Crippen LogP contribution in [0, 0.1) is 6.92 Å². The second-order valence-corrected chi connectivity index (χ2v) is 8.62. The van der Waals surface area contributed by atoms with Gasteiger partial charge in [0.2, 0.25) is 0 Å². The van der Waals surface area contributed by atoms with Gasteiger partial charge in [-0.25, -0.2) is 0 Å². The average Bonchev–Trinajstić information content (AvgIpc) is 2.73. The number of fused-ring (bicyclic) bond motifs is 1. The standard InChI is InChI=1S/C23H16Cl4N2O/c1-12-18(25)11-20(27)21(29-12)10-16(14-5-7-17(24)19(26)9-14)15-6-4-13-3-2-8-28-22(13)23(15)30/h2-9,11,16,30H,10H2,1H3. The zero-order valence-corrected chi connectivity index (χ0v) is 18.9. The zero-order chi connectivity index (χ0) is 21.4. The first kappa shape index (κ1) is 21.2.